The van der Waals surface area contributed by atoms with Gasteiger partial charge in [-0.1, -0.05) is 24.3 Å². The van der Waals surface area contributed by atoms with Crippen molar-refractivity contribution < 1.29 is 19.1 Å². The molecule has 0 aromatic carbocycles. The van der Waals surface area contributed by atoms with Crippen LogP contribution in [-0.2, 0) is 14.3 Å². The van der Waals surface area contributed by atoms with Crippen LogP contribution in [-0.4, -0.2) is 72.8 Å². The molecule has 0 aromatic heterocycles. The van der Waals surface area contributed by atoms with Crippen molar-refractivity contribution in [2.45, 2.75) is 57.0 Å². The summed E-state index contributed by atoms with van der Waals surface area (Å²) in [5.41, 5.74) is 5.60. The van der Waals surface area contributed by atoms with Crippen LogP contribution in [0, 0.1) is 11.3 Å². The molecule has 3 amide bonds. The highest BCUT2D eigenvalue weighted by Gasteiger charge is 2.57. The molecule has 0 aromatic rings. The van der Waals surface area contributed by atoms with Gasteiger partial charge >= 0.3 is 6.03 Å². The summed E-state index contributed by atoms with van der Waals surface area (Å²) in [7, 11) is 1.73. The molecule has 0 saturated carbocycles. The molecule has 0 radical (unpaired) electrons. The zero-order chi connectivity index (χ0) is 19.9. The second kappa shape index (κ2) is 7.52. The van der Waals surface area contributed by atoms with Crippen LogP contribution >= 0.6 is 0 Å². The molecule has 2 saturated heterocycles. The minimum absolute atomic E-state index is 0.00207. The predicted molar refractivity (Wildman–Crippen MR) is 104 cm³/mol. The topological polar surface area (TPSA) is 85.1 Å². The first-order valence-corrected chi connectivity index (χ1v) is 10.3. The summed E-state index contributed by atoms with van der Waals surface area (Å²) in [5, 5.41) is 0. The molecule has 4 aliphatic rings. The first kappa shape index (κ1) is 19.5. The molecule has 1 spiro atoms. The lowest BCUT2D eigenvalue weighted by Gasteiger charge is -2.37. The molecule has 154 valence electrons. The standard InChI is InChI=1S/C21H31N3O4/c1-14(25)23-9-8-21(12-23)13-24(20(22)26)19-7-6-17(11-18(19)21)28-16-5-3-4-15(10-16)27-2/h3-4,6-7,15-19H,5,8-13H2,1-2H3,(H2,22,26). The van der Waals surface area contributed by atoms with E-state index >= 15 is 0 Å². The Hall–Kier alpha value is -1.86. The van der Waals surface area contributed by atoms with E-state index in [1.165, 1.54) is 0 Å². The average molecular weight is 389 g/mol. The van der Waals surface area contributed by atoms with Crippen molar-refractivity contribution in [2.24, 2.45) is 17.1 Å². The Morgan fingerprint density at radius 3 is 2.64 bits per heavy atom. The smallest absolute Gasteiger partial charge is 0.315 e. The number of likely N-dealkylation sites (tertiary alicyclic amines) is 2. The van der Waals surface area contributed by atoms with Gasteiger partial charge in [0.1, 0.15) is 0 Å². The minimum atomic E-state index is -0.377. The SMILES string of the molecule is COC1C=CCC(OC2C=CC3C(C2)C2(CCN(C(C)=O)C2)CN3C(N)=O)C1. The molecule has 2 fully saturated rings. The van der Waals surface area contributed by atoms with Gasteiger partial charge in [0, 0.05) is 45.5 Å². The lowest BCUT2D eigenvalue weighted by Crippen LogP contribution is -2.43. The fraction of sp³-hybridized carbons (Fsp3) is 0.714. The average Bonchev–Trinajstić information content (AvgIpc) is 3.25. The van der Waals surface area contributed by atoms with Crippen LogP contribution in [0.2, 0.25) is 0 Å². The maximum absolute atomic E-state index is 12.1. The third-order valence-electron chi connectivity index (χ3n) is 7.08. The second-order valence-electron chi connectivity index (χ2n) is 8.71. The van der Waals surface area contributed by atoms with Crippen LogP contribution in [0.25, 0.3) is 0 Å². The van der Waals surface area contributed by atoms with Gasteiger partial charge in [-0.2, -0.15) is 0 Å². The van der Waals surface area contributed by atoms with Crippen molar-refractivity contribution in [1.82, 2.24) is 9.80 Å². The largest absolute Gasteiger partial charge is 0.377 e. The number of amides is 3. The molecule has 0 bridgehead atoms. The maximum atomic E-state index is 12.1. The number of primary amides is 1. The van der Waals surface area contributed by atoms with Crippen molar-refractivity contribution in [3.8, 4) is 0 Å². The van der Waals surface area contributed by atoms with Gasteiger partial charge in [0.2, 0.25) is 5.91 Å². The monoisotopic (exact) mass is 389 g/mol. The Kier molecular flexibility index (Phi) is 5.22. The van der Waals surface area contributed by atoms with Gasteiger partial charge in [-0.25, -0.2) is 4.79 Å². The number of fused-ring (bicyclic) bond motifs is 2. The maximum Gasteiger partial charge on any atom is 0.315 e. The highest BCUT2D eigenvalue weighted by Crippen LogP contribution is 2.51. The number of hydrogen-bond donors (Lipinski definition) is 1. The van der Waals surface area contributed by atoms with E-state index in [1.807, 2.05) is 4.90 Å². The quantitative estimate of drug-likeness (QED) is 0.745. The van der Waals surface area contributed by atoms with E-state index in [4.69, 9.17) is 15.2 Å². The van der Waals surface area contributed by atoms with Crippen LogP contribution < -0.4 is 5.73 Å². The fourth-order valence-corrected chi connectivity index (χ4v) is 5.61. The summed E-state index contributed by atoms with van der Waals surface area (Å²) in [5.74, 6) is 0.362. The molecule has 7 nitrogen and oxygen atoms in total. The zero-order valence-electron chi connectivity index (χ0n) is 16.8. The summed E-state index contributed by atoms with van der Waals surface area (Å²) < 4.78 is 11.9. The molecule has 2 heterocycles. The van der Waals surface area contributed by atoms with E-state index < -0.39 is 0 Å². The first-order chi connectivity index (χ1) is 13.4. The number of carbonyl (C=O) groups is 2. The molecule has 2 N–H and O–H groups in total. The van der Waals surface area contributed by atoms with Gasteiger partial charge in [0.05, 0.1) is 24.4 Å². The van der Waals surface area contributed by atoms with Crippen LogP contribution in [0.3, 0.4) is 0 Å². The van der Waals surface area contributed by atoms with Crippen LogP contribution in [0.5, 0.6) is 0 Å². The van der Waals surface area contributed by atoms with Crippen molar-refractivity contribution in [3.63, 3.8) is 0 Å². The third-order valence-corrected chi connectivity index (χ3v) is 7.08. The van der Waals surface area contributed by atoms with E-state index in [1.54, 1.807) is 18.9 Å². The molecular formula is C21H31N3O4. The van der Waals surface area contributed by atoms with E-state index in [-0.39, 0.29) is 47.6 Å². The molecule has 6 unspecified atom stereocenters. The van der Waals surface area contributed by atoms with Crippen LogP contribution in [0.1, 0.15) is 32.6 Å². The normalized spacial score (nSPS) is 39.6. The summed E-state index contributed by atoms with van der Waals surface area (Å²) in [6.07, 6.45) is 12.2. The number of nitrogens with two attached hydrogens (primary N) is 1. The van der Waals surface area contributed by atoms with Crippen molar-refractivity contribution >= 4 is 11.9 Å². The Labute approximate surface area is 166 Å². The highest BCUT2D eigenvalue weighted by atomic mass is 16.5. The van der Waals surface area contributed by atoms with Gasteiger partial charge in [-0.05, 0) is 25.2 Å². The summed E-state index contributed by atoms with van der Waals surface area (Å²) in [6, 6.07) is -0.375. The number of carbonyl (C=O) groups excluding carboxylic acids is 2. The second-order valence-corrected chi connectivity index (χ2v) is 8.71. The molecule has 7 heteroatoms. The molecular weight excluding hydrogens is 358 g/mol. The van der Waals surface area contributed by atoms with Crippen molar-refractivity contribution in [3.05, 3.63) is 24.3 Å². The molecule has 2 aliphatic carbocycles. The zero-order valence-corrected chi connectivity index (χ0v) is 16.8. The van der Waals surface area contributed by atoms with Crippen LogP contribution in [0.4, 0.5) is 4.79 Å². The lowest BCUT2D eigenvalue weighted by atomic mass is 9.70. The molecule has 28 heavy (non-hydrogen) atoms. The summed E-state index contributed by atoms with van der Waals surface area (Å²) in [6.45, 7) is 3.69. The molecule has 2 aliphatic heterocycles. The van der Waals surface area contributed by atoms with Gasteiger partial charge in [0.25, 0.3) is 0 Å². The van der Waals surface area contributed by atoms with Gasteiger partial charge in [0.15, 0.2) is 0 Å². The molecule has 6 atom stereocenters. The van der Waals surface area contributed by atoms with Gasteiger partial charge < -0.3 is 25.0 Å². The lowest BCUT2D eigenvalue weighted by molar-refractivity contribution is -0.128. The van der Waals surface area contributed by atoms with Gasteiger partial charge in [-0.15, -0.1) is 0 Å². The fourth-order valence-electron chi connectivity index (χ4n) is 5.61. The summed E-state index contributed by atoms with van der Waals surface area (Å²) >= 11 is 0. The van der Waals surface area contributed by atoms with Crippen LogP contribution in [0.15, 0.2) is 24.3 Å². The number of rotatable bonds is 3. The Morgan fingerprint density at radius 1 is 1.14 bits per heavy atom. The number of nitrogens with zero attached hydrogens (tertiary/aromatic N) is 2. The highest BCUT2D eigenvalue weighted by molar-refractivity contribution is 5.75. The third kappa shape index (κ3) is 3.46. The van der Waals surface area contributed by atoms with Gasteiger partial charge in [-0.3, -0.25) is 4.79 Å². The first-order valence-electron chi connectivity index (χ1n) is 10.3. The number of ether oxygens (including phenoxy) is 2. The summed E-state index contributed by atoms with van der Waals surface area (Å²) in [4.78, 5) is 27.7. The Balaban J connectivity index is 1.50. The Bertz CT molecular complexity index is 693. The van der Waals surface area contributed by atoms with Crippen molar-refractivity contribution in [1.29, 1.82) is 0 Å². The Morgan fingerprint density at radius 2 is 1.96 bits per heavy atom. The van der Waals surface area contributed by atoms with E-state index in [9.17, 15) is 9.59 Å². The van der Waals surface area contributed by atoms with Crippen molar-refractivity contribution in [2.75, 3.05) is 26.7 Å². The minimum Gasteiger partial charge on any atom is -0.377 e. The number of methoxy groups -OCH3 is 1. The van der Waals surface area contributed by atoms with E-state index in [2.05, 4.69) is 24.3 Å². The predicted octanol–water partition coefficient (Wildman–Crippen LogP) is 1.68. The number of hydrogen-bond acceptors (Lipinski definition) is 4. The molecule has 4 rings (SSSR count). The van der Waals surface area contributed by atoms with E-state index in [0.717, 1.165) is 32.2 Å². The number of urea groups is 1. The van der Waals surface area contributed by atoms with E-state index in [0.29, 0.717) is 13.1 Å².